The van der Waals surface area contributed by atoms with Gasteiger partial charge in [0.15, 0.2) is 10.8 Å². The second kappa shape index (κ2) is 5.64. The monoisotopic (exact) mass is 284 g/mol. The van der Waals surface area contributed by atoms with E-state index >= 15 is 0 Å². The van der Waals surface area contributed by atoms with Crippen molar-refractivity contribution in [2.75, 3.05) is 0 Å². The molecule has 0 amide bonds. The van der Waals surface area contributed by atoms with Crippen LogP contribution in [-0.2, 0) is 6.42 Å². The maximum atomic E-state index is 5.91. The molecule has 0 aliphatic rings. The SMILES string of the molecule is CC(N)Cc1ccccc1Sc1nnc2ccccn12. The Bertz CT molecular complexity index is 720. The molecule has 3 rings (SSSR count). The van der Waals surface area contributed by atoms with Crippen LogP contribution >= 0.6 is 11.8 Å². The van der Waals surface area contributed by atoms with Crippen molar-refractivity contribution in [3.8, 4) is 0 Å². The Kier molecular flexibility index (Phi) is 3.71. The molecule has 0 aliphatic heterocycles. The summed E-state index contributed by atoms with van der Waals surface area (Å²) in [5, 5.41) is 9.30. The lowest BCUT2D eigenvalue weighted by molar-refractivity contribution is 0.729. The Hall–Kier alpha value is -1.85. The average molecular weight is 284 g/mol. The lowest BCUT2D eigenvalue weighted by Gasteiger charge is -2.10. The summed E-state index contributed by atoms with van der Waals surface area (Å²) in [7, 11) is 0. The van der Waals surface area contributed by atoms with E-state index in [0.717, 1.165) is 17.2 Å². The van der Waals surface area contributed by atoms with Gasteiger partial charge in [-0.1, -0.05) is 24.3 Å². The number of rotatable bonds is 4. The van der Waals surface area contributed by atoms with Gasteiger partial charge in [-0.25, -0.2) is 0 Å². The minimum Gasteiger partial charge on any atom is -0.328 e. The van der Waals surface area contributed by atoms with Gasteiger partial charge in [-0.2, -0.15) is 0 Å². The molecule has 0 saturated heterocycles. The quantitative estimate of drug-likeness (QED) is 0.800. The molecule has 20 heavy (non-hydrogen) atoms. The standard InChI is InChI=1S/C15H16N4S/c1-11(16)10-12-6-2-3-7-13(12)20-15-18-17-14-8-4-5-9-19(14)15/h2-9,11H,10,16H2,1H3. The Morgan fingerprint density at radius 2 is 1.95 bits per heavy atom. The normalized spacial score (nSPS) is 12.7. The summed E-state index contributed by atoms with van der Waals surface area (Å²) >= 11 is 1.63. The number of nitrogens with zero attached hydrogens (tertiary/aromatic N) is 3. The summed E-state index contributed by atoms with van der Waals surface area (Å²) in [5.74, 6) is 0. The minimum atomic E-state index is 0.145. The molecule has 2 heterocycles. The average Bonchev–Trinajstić information content (AvgIpc) is 2.84. The van der Waals surface area contributed by atoms with Gasteiger partial charge in [0.25, 0.3) is 0 Å². The molecule has 0 spiro atoms. The van der Waals surface area contributed by atoms with E-state index in [-0.39, 0.29) is 6.04 Å². The zero-order chi connectivity index (χ0) is 13.9. The maximum Gasteiger partial charge on any atom is 0.200 e. The Morgan fingerprint density at radius 1 is 1.15 bits per heavy atom. The summed E-state index contributed by atoms with van der Waals surface area (Å²) in [6.07, 6.45) is 2.84. The van der Waals surface area contributed by atoms with Gasteiger partial charge in [-0.05, 0) is 48.9 Å². The highest BCUT2D eigenvalue weighted by Gasteiger charge is 2.10. The molecule has 3 aromatic rings. The molecule has 1 unspecified atom stereocenters. The van der Waals surface area contributed by atoms with Crippen molar-refractivity contribution < 1.29 is 0 Å². The van der Waals surface area contributed by atoms with Crippen LogP contribution in [0.2, 0.25) is 0 Å². The molecule has 0 radical (unpaired) electrons. The largest absolute Gasteiger partial charge is 0.328 e. The summed E-state index contributed by atoms with van der Waals surface area (Å²) in [5.41, 5.74) is 8.03. The minimum absolute atomic E-state index is 0.145. The molecular formula is C15H16N4S. The highest BCUT2D eigenvalue weighted by molar-refractivity contribution is 7.99. The van der Waals surface area contributed by atoms with Crippen LogP contribution in [0.15, 0.2) is 58.7 Å². The van der Waals surface area contributed by atoms with Crippen molar-refractivity contribution in [3.63, 3.8) is 0 Å². The number of hydrogen-bond donors (Lipinski definition) is 1. The number of hydrogen-bond acceptors (Lipinski definition) is 4. The van der Waals surface area contributed by atoms with Crippen molar-refractivity contribution in [1.82, 2.24) is 14.6 Å². The van der Waals surface area contributed by atoms with Crippen molar-refractivity contribution in [3.05, 3.63) is 54.2 Å². The van der Waals surface area contributed by atoms with Crippen LogP contribution in [0.3, 0.4) is 0 Å². The molecule has 102 valence electrons. The molecule has 2 aromatic heterocycles. The Morgan fingerprint density at radius 3 is 2.80 bits per heavy atom. The first-order valence-corrected chi connectivity index (χ1v) is 7.37. The Labute approximate surface area is 122 Å². The van der Waals surface area contributed by atoms with Crippen LogP contribution in [-0.4, -0.2) is 20.6 Å². The van der Waals surface area contributed by atoms with Crippen LogP contribution in [0.25, 0.3) is 5.65 Å². The predicted molar refractivity (Wildman–Crippen MR) is 80.9 cm³/mol. The van der Waals surface area contributed by atoms with Gasteiger partial charge in [0, 0.05) is 17.1 Å². The first-order valence-electron chi connectivity index (χ1n) is 6.55. The third kappa shape index (κ3) is 2.69. The van der Waals surface area contributed by atoms with Gasteiger partial charge in [0.1, 0.15) is 0 Å². The van der Waals surface area contributed by atoms with E-state index in [1.807, 2.05) is 47.9 Å². The van der Waals surface area contributed by atoms with Gasteiger partial charge in [0.05, 0.1) is 0 Å². The Balaban J connectivity index is 1.95. The fourth-order valence-electron chi connectivity index (χ4n) is 2.11. The topological polar surface area (TPSA) is 56.2 Å². The van der Waals surface area contributed by atoms with Crippen molar-refractivity contribution in [2.24, 2.45) is 5.73 Å². The molecule has 4 nitrogen and oxygen atoms in total. The van der Waals surface area contributed by atoms with E-state index < -0.39 is 0 Å². The van der Waals surface area contributed by atoms with Crippen LogP contribution in [0.4, 0.5) is 0 Å². The number of pyridine rings is 1. The summed E-state index contributed by atoms with van der Waals surface area (Å²) in [6.45, 7) is 2.02. The molecule has 1 atom stereocenters. The van der Waals surface area contributed by atoms with Crippen molar-refractivity contribution >= 4 is 17.4 Å². The van der Waals surface area contributed by atoms with Gasteiger partial charge in [0.2, 0.25) is 0 Å². The second-order valence-electron chi connectivity index (χ2n) is 4.80. The van der Waals surface area contributed by atoms with E-state index in [2.05, 4.69) is 22.3 Å². The number of benzene rings is 1. The summed E-state index contributed by atoms with van der Waals surface area (Å²) in [4.78, 5) is 1.18. The van der Waals surface area contributed by atoms with Crippen LogP contribution < -0.4 is 5.73 Å². The third-order valence-electron chi connectivity index (χ3n) is 3.00. The molecule has 0 aliphatic carbocycles. The fourth-order valence-corrected chi connectivity index (χ4v) is 3.07. The van der Waals surface area contributed by atoms with E-state index in [0.29, 0.717) is 0 Å². The van der Waals surface area contributed by atoms with E-state index in [1.165, 1.54) is 10.5 Å². The third-order valence-corrected chi connectivity index (χ3v) is 4.08. The number of fused-ring (bicyclic) bond motifs is 1. The highest BCUT2D eigenvalue weighted by atomic mass is 32.2. The van der Waals surface area contributed by atoms with Gasteiger partial charge in [-0.15, -0.1) is 10.2 Å². The maximum absolute atomic E-state index is 5.91. The molecule has 0 fully saturated rings. The van der Waals surface area contributed by atoms with Crippen LogP contribution in [0.1, 0.15) is 12.5 Å². The lowest BCUT2D eigenvalue weighted by Crippen LogP contribution is -2.18. The van der Waals surface area contributed by atoms with Gasteiger partial charge >= 0.3 is 0 Å². The molecule has 0 saturated carbocycles. The summed E-state index contributed by atoms with van der Waals surface area (Å²) < 4.78 is 1.99. The van der Waals surface area contributed by atoms with E-state index in [1.54, 1.807) is 11.8 Å². The van der Waals surface area contributed by atoms with Crippen molar-refractivity contribution in [2.45, 2.75) is 29.4 Å². The van der Waals surface area contributed by atoms with Gasteiger partial charge in [-0.3, -0.25) is 4.40 Å². The fraction of sp³-hybridized carbons (Fsp3) is 0.200. The van der Waals surface area contributed by atoms with Crippen LogP contribution in [0.5, 0.6) is 0 Å². The first kappa shape index (κ1) is 13.1. The summed E-state index contributed by atoms with van der Waals surface area (Å²) in [6, 6.07) is 14.3. The molecule has 0 bridgehead atoms. The molecular weight excluding hydrogens is 268 g/mol. The second-order valence-corrected chi connectivity index (χ2v) is 5.81. The molecule has 2 N–H and O–H groups in total. The number of nitrogens with two attached hydrogens (primary N) is 1. The smallest absolute Gasteiger partial charge is 0.200 e. The lowest BCUT2D eigenvalue weighted by atomic mass is 10.1. The molecule has 5 heteroatoms. The van der Waals surface area contributed by atoms with Crippen molar-refractivity contribution in [1.29, 1.82) is 0 Å². The zero-order valence-electron chi connectivity index (χ0n) is 11.2. The molecule has 1 aromatic carbocycles. The van der Waals surface area contributed by atoms with E-state index in [9.17, 15) is 0 Å². The first-order chi connectivity index (χ1) is 9.74. The predicted octanol–water partition coefficient (Wildman–Crippen LogP) is 2.77. The van der Waals surface area contributed by atoms with Crippen LogP contribution in [0, 0.1) is 0 Å². The van der Waals surface area contributed by atoms with E-state index in [4.69, 9.17) is 5.73 Å². The zero-order valence-corrected chi connectivity index (χ0v) is 12.0. The van der Waals surface area contributed by atoms with Gasteiger partial charge < -0.3 is 5.73 Å². The number of aromatic nitrogens is 3. The highest BCUT2D eigenvalue weighted by Crippen LogP contribution is 2.29.